The molecule has 0 amide bonds. The first-order chi connectivity index (χ1) is 48.5. The monoisotopic (exact) mass is 2020 g/mol. The lowest BCUT2D eigenvalue weighted by atomic mass is 10.9. The van der Waals surface area contributed by atoms with Crippen molar-refractivity contribution in [2.75, 3.05) is 26.4 Å². The van der Waals surface area contributed by atoms with Crippen molar-refractivity contribution in [1.82, 2.24) is 0 Å². The van der Waals surface area contributed by atoms with E-state index >= 15 is 0 Å². The molecule has 0 radical (unpaired) electrons. The van der Waals surface area contributed by atoms with Gasteiger partial charge in [-0.1, -0.05) is 0 Å². The topological polar surface area (TPSA) is 406 Å². The van der Waals surface area contributed by atoms with Crippen LogP contribution in [0.25, 0.3) is 0 Å². The Balaban J connectivity index is 0.000000304. The zero-order valence-corrected chi connectivity index (χ0v) is 94.8. The maximum absolute atomic E-state index is 7.16. The lowest BCUT2D eigenvalue weighted by Gasteiger charge is -2.60. The fourth-order valence-corrected chi connectivity index (χ4v) is 169. The van der Waals surface area contributed by atoms with Crippen molar-refractivity contribution in [3.05, 3.63) is 0 Å². The van der Waals surface area contributed by atoms with Gasteiger partial charge in [-0.15, -0.1) is 0 Å². The molecule has 0 aromatic carbocycles. The van der Waals surface area contributed by atoms with Crippen LogP contribution in [0.15, 0.2) is 0 Å². The standard InChI is InChI=1S/C28H80O32Si20.C8H24O12Si8/c1-25-29-61(5)33-62(6,30-26-2)36-66(10)39-65(9,35-61)41-69(13)45-70(14,42-66)48-74(18)51-73(17,47-69)53-77(21)57-78(22,54-74)60-80(24)56-76(20)50-72(16)44-68(12)38-64(8,32-28-4)34-63(7,31-27-3)37-67(11,40-68)43-71(15,46-72)49-75(19,52-76)55-79(23,58-80)59-77;1-21-9-22(2)12-25(5)14-23(3,10-21)16-27(7)17-24(4,11-21)15-26(6,13-22)19-28(8,18-25)20-27/h25-28H2,1-24H3;1-8H3. The Morgan fingerprint density at radius 1 is 0.111 bits per heavy atom. The summed E-state index contributed by atoms with van der Waals surface area (Å²) in [4.78, 5) is 0. The van der Waals surface area contributed by atoms with Gasteiger partial charge in [-0.3, -0.25) is 0 Å². The van der Waals surface area contributed by atoms with Gasteiger partial charge >= 0.3 is 247 Å². The molecule has 16 atom stereocenters. The number of fused-ring (bicyclic) bond motifs is 16. The Hall–Kier alpha value is 4.31. The van der Waals surface area contributed by atoms with Gasteiger partial charge in [0.1, 0.15) is 0 Å². The van der Waals surface area contributed by atoms with Gasteiger partial charge in [-0.05, 0) is 27.7 Å². The molecule has 0 saturated carbocycles. The van der Waals surface area contributed by atoms with E-state index in [4.69, 9.17) is 182 Å². The minimum Gasteiger partial charge on any atom is -0.375 e. The predicted molar refractivity (Wildman–Crippen MR) is 415 cm³/mol. The molecule has 15 fully saturated rings. The molecule has 0 aliphatic carbocycles. The molecule has 15 saturated heterocycles. The van der Waals surface area contributed by atoms with E-state index in [2.05, 4.69) is 0 Å². The second-order valence-electron chi connectivity index (χ2n) is 30.0. The van der Waals surface area contributed by atoms with E-state index in [1.54, 1.807) is 183 Å². The summed E-state index contributed by atoms with van der Waals surface area (Å²) in [6.07, 6.45) is 0. The molecule has 0 aromatic rings. The summed E-state index contributed by atoms with van der Waals surface area (Å²) >= 11 is 0. The highest BCUT2D eigenvalue weighted by molar-refractivity contribution is 7.06. The molecule has 15 aliphatic rings. The van der Waals surface area contributed by atoms with Crippen molar-refractivity contribution >= 4 is 247 Å². The highest BCUT2D eigenvalue weighted by atomic mass is 28.7. The maximum Gasteiger partial charge on any atom is 0.482 e. The quantitative estimate of drug-likeness (QED) is 0.292. The first-order valence-corrected chi connectivity index (χ1v) is 97.4. The first-order valence-electron chi connectivity index (χ1n) is 35.1. The van der Waals surface area contributed by atoms with E-state index in [9.17, 15) is 0 Å². The highest BCUT2D eigenvalue weighted by Gasteiger charge is 2.83. The van der Waals surface area contributed by atoms with Crippen LogP contribution in [-0.4, -0.2) is 273 Å². The van der Waals surface area contributed by atoms with Crippen molar-refractivity contribution in [3.8, 4) is 0 Å². The molecular formula is C36H104O44Si28. The van der Waals surface area contributed by atoms with Crippen LogP contribution in [0.3, 0.4) is 0 Å². The van der Waals surface area contributed by atoms with Gasteiger partial charge in [0.25, 0.3) is 0 Å². The summed E-state index contributed by atoms with van der Waals surface area (Å²) in [6.45, 7) is 55.4. The zero-order valence-electron chi connectivity index (χ0n) is 66.8. The summed E-state index contributed by atoms with van der Waals surface area (Å²) in [5, 5.41) is 0. The summed E-state index contributed by atoms with van der Waals surface area (Å²) in [5.74, 6) is 0. The van der Waals surface area contributed by atoms with Gasteiger partial charge in [0.2, 0.25) is 0 Å². The van der Waals surface area contributed by atoms with E-state index in [-0.39, 0.29) is 26.4 Å². The smallest absolute Gasteiger partial charge is 0.375 e. The Morgan fingerprint density at radius 3 is 0.241 bits per heavy atom. The van der Waals surface area contributed by atoms with Crippen LogP contribution in [0.5, 0.6) is 0 Å². The fourth-order valence-electron chi connectivity index (χ4n) is 16.3. The summed E-state index contributed by atoms with van der Waals surface area (Å²) < 4.78 is 298. The summed E-state index contributed by atoms with van der Waals surface area (Å²) in [6, 6.07) is 0. The summed E-state index contributed by atoms with van der Waals surface area (Å²) in [5.41, 5.74) is 0. The number of rotatable bonds is 8. The second-order valence-corrected chi connectivity index (χ2v) is 112. The van der Waals surface area contributed by atoms with E-state index in [0.717, 1.165) is 0 Å². The molecule has 15 heterocycles. The zero-order chi connectivity index (χ0) is 79.9. The van der Waals surface area contributed by atoms with Gasteiger partial charge in [-0.2, -0.15) is 0 Å². The minimum absolute atomic E-state index is 0.237. The third kappa shape index (κ3) is 19.5. The number of hydrogen-bond donors (Lipinski definition) is 0. The molecule has 44 nitrogen and oxygen atoms in total. The van der Waals surface area contributed by atoms with Crippen molar-refractivity contribution in [1.29, 1.82) is 0 Å². The van der Waals surface area contributed by atoms with Gasteiger partial charge in [-0.25, -0.2) is 0 Å². The largest absolute Gasteiger partial charge is 0.482 e. The Labute approximate surface area is 660 Å². The van der Waals surface area contributed by atoms with Crippen molar-refractivity contribution in [3.63, 3.8) is 0 Å². The third-order valence-electron chi connectivity index (χ3n) is 16.5. The molecule has 0 spiro atoms. The first kappa shape index (κ1) is 90.1. The fraction of sp³-hybridized carbons (Fsp3) is 1.00. The Morgan fingerprint density at radius 2 is 0.176 bits per heavy atom. The van der Waals surface area contributed by atoms with E-state index in [1.165, 1.54) is 0 Å². The Bertz CT molecular complexity index is 2960. The van der Waals surface area contributed by atoms with Gasteiger partial charge < -0.3 is 182 Å². The molecule has 24 bridgehead atoms. The molecular weight excluding hydrogens is 1920 g/mol. The lowest BCUT2D eigenvalue weighted by Crippen LogP contribution is -2.86. The molecule has 0 N–H and O–H groups in total. The maximum atomic E-state index is 7.16. The van der Waals surface area contributed by atoms with Crippen molar-refractivity contribution in [2.45, 2.75) is 211 Å². The molecule has 108 heavy (non-hydrogen) atoms. The average molecular weight is 2030 g/mol. The molecule has 15 rings (SSSR count). The molecule has 0 aromatic heterocycles. The minimum atomic E-state index is -4.38. The van der Waals surface area contributed by atoms with Gasteiger partial charge in [0.15, 0.2) is 0 Å². The normalized spacial score (nSPS) is 60.4. The number of hydrogen-bond acceptors (Lipinski definition) is 44. The van der Waals surface area contributed by atoms with Crippen LogP contribution in [0, 0.1) is 0 Å². The molecule has 72 heteroatoms. The molecule has 624 valence electrons. The SMILES string of the molecule is CCO[Si]1(C)O[Si](C)(OCC)O[Si]2(C)O[Si](C)(O1)O[Si]1(C)O[Si](C)(O2)O[Si]2(C)O[Si](C)(O1)O[Si]1(C)O[Si](C)(O2)O[Si]2(C)O[Si]3(C)O[Si]4(C)O[Si]5(C)O[Si](C)(OCC)O[Si](C)(OCC)O[Si](C)(O5)O[Si](C)(O4)O[Si](C)(O3)O[Si](C)(O2)O1.C[Si]12O[Si]3(C)O[Si]4(C)O[Si](C)(O1)O[Si]1(C)O[Si](C)(O2)O[Si](C)(O3)O[Si](C)(O4)O1. The van der Waals surface area contributed by atoms with Crippen LogP contribution in [0.4, 0.5) is 0 Å². The van der Waals surface area contributed by atoms with E-state index < -0.39 is 247 Å². The third-order valence-corrected chi connectivity index (χ3v) is 138. The van der Waals surface area contributed by atoms with Crippen LogP contribution in [0.2, 0.25) is 183 Å². The van der Waals surface area contributed by atoms with E-state index in [0.29, 0.717) is 0 Å². The van der Waals surface area contributed by atoms with Crippen LogP contribution >= 0.6 is 0 Å². The summed E-state index contributed by atoms with van der Waals surface area (Å²) in [7, 11) is -110. The van der Waals surface area contributed by atoms with Crippen LogP contribution in [-0.2, 0) is 182 Å². The van der Waals surface area contributed by atoms with E-state index in [1.807, 2.05) is 27.7 Å². The van der Waals surface area contributed by atoms with Gasteiger partial charge in [0, 0.05) is 210 Å². The van der Waals surface area contributed by atoms with Crippen molar-refractivity contribution < 1.29 is 182 Å². The van der Waals surface area contributed by atoms with Crippen molar-refractivity contribution in [2.24, 2.45) is 0 Å². The molecule has 15 aliphatic heterocycles. The van der Waals surface area contributed by atoms with Gasteiger partial charge in [0.05, 0.1) is 0 Å². The van der Waals surface area contributed by atoms with Crippen LogP contribution < -0.4 is 0 Å². The average Bonchev–Trinajstić information content (AvgIpc) is 0.703. The predicted octanol–water partition coefficient (Wildman–Crippen LogP) is 4.90. The second kappa shape index (κ2) is 27.9. The lowest BCUT2D eigenvalue weighted by molar-refractivity contribution is -0.0215. The Kier molecular flexibility index (Phi) is 23.3. The molecule has 16 unspecified atom stereocenters. The van der Waals surface area contributed by atoms with Crippen LogP contribution in [0.1, 0.15) is 27.7 Å². The highest BCUT2D eigenvalue weighted by Crippen LogP contribution is 2.53.